The lowest BCUT2D eigenvalue weighted by atomic mass is 9.70. The Morgan fingerprint density at radius 1 is 1.00 bits per heavy atom. The molecule has 1 heteroatoms. The summed E-state index contributed by atoms with van der Waals surface area (Å²) in [6.07, 6.45) is 10.7. The van der Waals surface area contributed by atoms with Crippen molar-refractivity contribution in [3.05, 3.63) is 35.4 Å². The summed E-state index contributed by atoms with van der Waals surface area (Å²) in [6, 6.07) is 9.02. The molecule has 1 aromatic carbocycles. The van der Waals surface area contributed by atoms with Gasteiger partial charge >= 0.3 is 0 Å². The minimum Gasteiger partial charge on any atom is -0.299 e. The SMILES string of the molecule is CCCCC1CCC(c2ccc(C3CC(C)C3=O)cc2)CC1. The molecular weight excluding hydrogens is 268 g/mol. The zero-order valence-corrected chi connectivity index (χ0v) is 14.2. The van der Waals surface area contributed by atoms with E-state index in [1.807, 2.05) is 6.92 Å². The molecule has 1 nitrogen and oxygen atoms in total. The Morgan fingerprint density at radius 2 is 1.64 bits per heavy atom. The molecule has 0 bridgehead atoms. The predicted molar refractivity (Wildman–Crippen MR) is 92.2 cm³/mol. The third kappa shape index (κ3) is 3.29. The van der Waals surface area contributed by atoms with Crippen molar-refractivity contribution in [1.82, 2.24) is 0 Å². The molecule has 0 amide bonds. The van der Waals surface area contributed by atoms with Crippen molar-refractivity contribution in [2.75, 3.05) is 0 Å². The Hall–Kier alpha value is -1.11. The summed E-state index contributed by atoms with van der Waals surface area (Å²) < 4.78 is 0. The van der Waals surface area contributed by atoms with Crippen molar-refractivity contribution >= 4 is 5.78 Å². The minimum atomic E-state index is 0.189. The molecule has 2 atom stereocenters. The number of rotatable bonds is 5. The van der Waals surface area contributed by atoms with Gasteiger partial charge in [0.2, 0.25) is 0 Å². The molecule has 2 aliphatic carbocycles. The van der Waals surface area contributed by atoms with Gasteiger partial charge < -0.3 is 0 Å². The van der Waals surface area contributed by atoms with Gasteiger partial charge in [0.25, 0.3) is 0 Å². The number of ketones is 1. The molecule has 3 rings (SSSR count). The van der Waals surface area contributed by atoms with Crippen molar-refractivity contribution in [3.8, 4) is 0 Å². The van der Waals surface area contributed by atoms with Crippen molar-refractivity contribution in [1.29, 1.82) is 0 Å². The Kier molecular flexibility index (Phi) is 5.00. The summed E-state index contributed by atoms with van der Waals surface area (Å²) in [6.45, 7) is 4.34. The average molecular weight is 298 g/mol. The monoisotopic (exact) mass is 298 g/mol. The molecule has 0 spiro atoms. The topological polar surface area (TPSA) is 17.1 Å². The fraction of sp³-hybridized carbons (Fsp3) is 0.667. The number of carbonyl (C=O) groups excluding carboxylic acids is 1. The van der Waals surface area contributed by atoms with Crippen LogP contribution in [-0.4, -0.2) is 5.78 Å². The summed E-state index contributed by atoms with van der Waals surface area (Å²) >= 11 is 0. The summed E-state index contributed by atoms with van der Waals surface area (Å²) in [5.74, 6) is 2.63. The first-order valence-electron chi connectivity index (χ1n) is 9.32. The highest BCUT2D eigenvalue weighted by Gasteiger charge is 2.36. The number of benzene rings is 1. The van der Waals surface area contributed by atoms with E-state index in [1.165, 1.54) is 56.1 Å². The molecule has 0 aromatic heterocycles. The molecule has 0 aliphatic heterocycles. The second-order valence-corrected chi connectivity index (χ2v) is 7.62. The first kappa shape index (κ1) is 15.8. The van der Waals surface area contributed by atoms with Crippen LogP contribution in [0.1, 0.15) is 88.2 Å². The van der Waals surface area contributed by atoms with Crippen LogP contribution in [-0.2, 0) is 4.79 Å². The van der Waals surface area contributed by atoms with Gasteiger partial charge in [0, 0.05) is 11.8 Å². The maximum Gasteiger partial charge on any atom is 0.143 e. The summed E-state index contributed by atoms with van der Waals surface area (Å²) in [4.78, 5) is 11.9. The lowest BCUT2D eigenvalue weighted by molar-refractivity contribution is -0.130. The molecule has 2 saturated carbocycles. The van der Waals surface area contributed by atoms with Gasteiger partial charge in [0.05, 0.1) is 0 Å². The normalized spacial score (nSPS) is 31.8. The second kappa shape index (κ2) is 6.98. The molecule has 2 unspecified atom stereocenters. The van der Waals surface area contributed by atoms with Gasteiger partial charge in [0.15, 0.2) is 0 Å². The van der Waals surface area contributed by atoms with Crippen molar-refractivity contribution in [2.45, 2.75) is 77.0 Å². The third-order valence-corrected chi connectivity index (χ3v) is 6.04. The standard InChI is InChI=1S/C21H30O/c1-3-4-5-16-6-8-17(9-7-16)18-10-12-19(13-11-18)20-14-15(2)21(20)22/h10-13,15-17,20H,3-9,14H2,1-2H3. The van der Waals surface area contributed by atoms with Crippen LogP contribution in [0.3, 0.4) is 0 Å². The fourth-order valence-electron chi connectivity index (χ4n) is 4.35. The summed E-state index contributed by atoms with van der Waals surface area (Å²) in [5, 5.41) is 0. The van der Waals surface area contributed by atoms with Gasteiger partial charge in [-0.2, -0.15) is 0 Å². The number of Topliss-reactive ketones (excluding diaryl/α,β-unsaturated/α-hetero) is 1. The molecule has 1 aromatic rings. The molecule has 2 aliphatic rings. The smallest absolute Gasteiger partial charge is 0.143 e. The number of unbranched alkanes of at least 4 members (excludes halogenated alkanes) is 1. The molecule has 22 heavy (non-hydrogen) atoms. The van der Waals surface area contributed by atoms with E-state index >= 15 is 0 Å². The average Bonchev–Trinajstić information content (AvgIpc) is 2.58. The maximum atomic E-state index is 11.9. The van der Waals surface area contributed by atoms with E-state index in [-0.39, 0.29) is 11.8 Å². The van der Waals surface area contributed by atoms with Crippen LogP contribution in [0.25, 0.3) is 0 Å². The van der Waals surface area contributed by atoms with Gasteiger partial charge in [-0.05, 0) is 55.1 Å². The first-order chi connectivity index (χ1) is 10.7. The van der Waals surface area contributed by atoms with E-state index < -0.39 is 0 Å². The fourth-order valence-corrected chi connectivity index (χ4v) is 4.35. The van der Waals surface area contributed by atoms with Crippen LogP contribution >= 0.6 is 0 Å². The van der Waals surface area contributed by atoms with E-state index in [0.29, 0.717) is 5.78 Å². The minimum absolute atomic E-state index is 0.189. The Labute approximate surface area is 135 Å². The molecule has 0 radical (unpaired) electrons. The number of hydrogen-bond acceptors (Lipinski definition) is 1. The Morgan fingerprint density at radius 3 is 2.18 bits per heavy atom. The zero-order chi connectivity index (χ0) is 15.5. The van der Waals surface area contributed by atoms with Gasteiger partial charge in [-0.25, -0.2) is 0 Å². The lowest BCUT2D eigenvalue weighted by Gasteiger charge is -2.32. The van der Waals surface area contributed by atoms with E-state index in [2.05, 4.69) is 31.2 Å². The molecule has 2 fully saturated rings. The third-order valence-electron chi connectivity index (χ3n) is 6.04. The lowest BCUT2D eigenvalue weighted by Crippen LogP contribution is -2.33. The van der Waals surface area contributed by atoms with Gasteiger partial charge in [-0.3, -0.25) is 4.79 Å². The highest BCUT2D eigenvalue weighted by molar-refractivity contribution is 5.93. The van der Waals surface area contributed by atoms with Gasteiger partial charge in [0.1, 0.15) is 5.78 Å². The van der Waals surface area contributed by atoms with Crippen molar-refractivity contribution in [2.24, 2.45) is 11.8 Å². The largest absolute Gasteiger partial charge is 0.299 e. The number of carbonyl (C=O) groups is 1. The highest BCUT2D eigenvalue weighted by atomic mass is 16.1. The highest BCUT2D eigenvalue weighted by Crippen LogP contribution is 2.40. The van der Waals surface area contributed by atoms with Crippen molar-refractivity contribution < 1.29 is 4.79 Å². The Balaban J connectivity index is 1.54. The predicted octanol–water partition coefficient (Wildman–Crippen LogP) is 5.84. The first-order valence-corrected chi connectivity index (χ1v) is 9.32. The molecule has 0 saturated heterocycles. The van der Waals surface area contributed by atoms with E-state index in [0.717, 1.165) is 18.3 Å². The van der Waals surface area contributed by atoms with Crippen LogP contribution < -0.4 is 0 Å². The molecule has 0 heterocycles. The number of hydrogen-bond donors (Lipinski definition) is 0. The van der Waals surface area contributed by atoms with Crippen molar-refractivity contribution in [3.63, 3.8) is 0 Å². The summed E-state index contributed by atoms with van der Waals surface area (Å²) in [5.41, 5.74) is 2.74. The summed E-state index contributed by atoms with van der Waals surface area (Å²) in [7, 11) is 0. The van der Waals surface area contributed by atoms with Crippen LogP contribution in [0.2, 0.25) is 0 Å². The van der Waals surface area contributed by atoms with E-state index in [1.54, 1.807) is 0 Å². The van der Waals surface area contributed by atoms with Crippen LogP contribution in [0, 0.1) is 11.8 Å². The molecule has 0 N–H and O–H groups in total. The Bertz CT molecular complexity index is 493. The van der Waals surface area contributed by atoms with Crippen LogP contribution in [0.15, 0.2) is 24.3 Å². The quantitative estimate of drug-likeness (QED) is 0.667. The van der Waals surface area contributed by atoms with Crippen LogP contribution in [0.5, 0.6) is 0 Å². The zero-order valence-electron chi connectivity index (χ0n) is 14.2. The molecular formula is C21H30O. The molecule has 120 valence electrons. The van der Waals surface area contributed by atoms with E-state index in [4.69, 9.17) is 0 Å². The van der Waals surface area contributed by atoms with Gasteiger partial charge in [-0.15, -0.1) is 0 Å². The van der Waals surface area contributed by atoms with E-state index in [9.17, 15) is 4.79 Å². The van der Waals surface area contributed by atoms with Crippen LogP contribution in [0.4, 0.5) is 0 Å². The van der Waals surface area contributed by atoms with Gasteiger partial charge in [-0.1, -0.05) is 57.4 Å². The maximum absolute atomic E-state index is 11.9. The second-order valence-electron chi connectivity index (χ2n) is 7.62.